The monoisotopic (exact) mass is 334 g/mol. The molecule has 0 radical (unpaired) electrons. The first-order chi connectivity index (χ1) is 10.8. The zero-order valence-corrected chi connectivity index (χ0v) is 13.4. The molecule has 1 fully saturated rings. The van der Waals surface area contributed by atoms with E-state index < -0.39 is 12.7 Å². The summed E-state index contributed by atoms with van der Waals surface area (Å²) < 4.78 is 38.5. The van der Waals surface area contributed by atoms with Crippen LogP contribution in [-0.2, 0) is 13.1 Å². The number of hydrogen-bond donors (Lipinski definition) is 2. The lowest BCUT2D eigenvalue weighted by atomic mass is 9.96. The van der Waals surface area contributed by atoms with Crippen LogP contribution in [0.4, 0.5) is 13.2 Å². The van der Waals surface area contributed by atoms with Gasteiger partial charge in [-0.3, -0.25) is 0 Å². The van der Waals surface area contributed by atoms with Crippen molar-refractivity contribution in [3.8, 4) is 0 Å². The van der Waals surface area contributed by atoms with E-state index in [0.717, 1.165) is 37.0 Å². The first-order valence-electron chi connectivity index (χ1n) is 8.01. The summed E-state index contributed by atoms with van der Waals surface area (Å²) in [5.41, 5.74) is 0. The number of hydrogen-bond acceptors (Lipinski definition) is 4. The van der Waals surface area contributed by atoms with Crippen LogP contribution in [0, 0.1) is 5.92 Å². The van der Waals surface area contributed by atoms with E-state index in [1.54, 1.807) is 6.92 Å². The third kappa shape index (κ3) is 6.48. The van der Waals surface area contributed by atoms with Crippen LogP contribution in [0.3, 0.4) is 0 Å². The highest BCUT2D eigenvalue weighted by molar-refractivity contribution is 4.93. The normalized spacial score (nSPS) is 19.2. The number of nitrogens with zero attached hydrogens (tertiary/aromatic N) is 3. The number of likely N-dealkylation sites (tertiary alicyclic amines) is 1. The predicted molar refractivity (Wildman–Crippen MR) is 80.8 cm³/mol. The summed E-state index contributed by atoms with van der Waals surface area (Å²) in [6, 6.07) is 0. The zero-order valence-electron chi connectivity index (χ0n) is 13.4. The molecule has 0 bridgehead atoms. The fourth-order valence-electron chi connectivity index (χ4n) is 2.98. The van der Waals surface area contributed by atoms with Gasteiger partial charge in [0.2, 0.25) is 0 Å². The van der Waals surface area contributed by atoms with Gasteiger partial charge < -0.3 is 19.9 Å². The fourth-order valence-corrected chi connectivity index (χ4v) is 2.98. The molecule has 2 rings (SSSR count). The van der Waals surface area contributed by atoms with Crippen molar-refractivity contribution in [3.63, 3.8) is 0 Å². The van der Waals surface area contributed by atoms with E-state index in [1.807, 2.05) is 0 Å². The Labute approximate surface area is 134 Å². The molecule has 1 aromatic heterocycles. The first kappa shape index (κ1) is 18.2. The predicted octanol–water partition coefficient (Wildman–Crippen LogP) is 1.63. The van der Waals surface area contributed by atoms with Crippen molar-refractivity contribution in [2.24, 2.45) is 5.92 Å². The number of alkyl halides is 3. The van der Waals surface area contributed by atoms with Crippen LogP contribution < -0.4 is 5.32 Å². The van der Waals surface area contributed by atoms with Crippen LogP contribution in [-0.4, -0.2) is 58.0 Å². The molecule has 8 heteroatoms. The van der Waals surface area contributed by atoms with E-state index in [2.05, 4.69) is 15.2 Å². The highest BCUT2D eigenvalue weighted by Gasteiger charge is 2.28. The molecule has 0 saturated carbocycles. The van der Waals surface area contributed by atoms with Crippen LogP contribution in [0.15, 0.2) is 12.4 Å². The molecular formula is C15H25F3N4O. The quantitative estimate of drug-likeness (QED) is 0.796. The smallest absolute Gasteiger partial charge is 0.392 e. The summed E-state index contributed by atoms with van der Waals surface area (Å²) >= 11 is 0. The van der Waals surface area contributed by atoms with Crippen LogP contribution in [0.25, 0.3) is 0 Å². The van der Waals surface area contributed by atoms with Crippen LogP contribution in [0.5, 0.6) is 0 Å². The minimum atomic E-state index is -4.23. The van der Waals surface area contributed by atoms with Gasteiger partial charge in [-0.2, -0.15) is 13.2 Å². The van der Waals surface area contributed by atoms with Gasteiger partial charge in [0.15, 0.2) is 0 Å². The second-order valence-corrected chi connectivity index (χ2v) is 6.31. The number of rotatable bonds is 7. The van der Waals surface area contributed by atoms with Gasteiger partial charge in [-0.1, -0.05) is 0 Å². The van der Waals surface area contributed by atoms with Gasteiger partial charge >= 0.3 is 6.18 Å². The van der Waals surface area contributed by atoms with Crippen molar-refractivity contribution in [3.05, 3.63) is 18.2 Å². The van der Waals surface area contributed by atoms with Crippen molar-refractivity contribution in [2.45, 2.75) is 45.1 Å². The molecule has 0 spiro atoms. The molecule has 23 heavy (non-hydrogen) atoms. The van der Waals surface area contributed by atoms with E-state index in [-0.39, 0.29) is 6.10 Å². The van der Waals surface area contributed by atoms with Crippen molar-refractivity contribution < 1.29 is 18.3 Å². The SMILES string of the molecule is C[C@@H](O)CN1CCC(CNCc2nccn2CC(F)(F)F)CC1. The van der Waals surface area contributed by atoms with Gasteiger partial charge in [-0.05, 0) is 45.3 Å². The molecule has 0 amide bonds. The highest BCUT2D eigenvalue weighted by atomic mass is 19.4. The lowest BCUT2D eigenvalue weighted by Gasteiger charge is -2.32. The van der Waals surface area contributed by atoms with Gasteiger partial charge in [-0.15, -0.1) is 0 Å². The summed E-state index contributed by atoms with van der Waals surface area (Å²) in [5, 5.41) is 12.6. The molecule has 2 heterocycles. The van der Waals surface area contributed by atoms with E-state index in [4.69, 9.17) is 0 Å². The number of halogens is 3. The molecule has 1 aliphatic heterocycles. The molecule has 1 aromatic rings. The van der Waals surface area contributed by atoms with Gasteiger partial charge in [0.1, 0.15) is 12.4 Å². The summed E-state index contributed by atoms with van der Waals surface area (Å²) in [5.74, 6) is 0.931. The van der Waals surface area contributed by atoms with E-state index in [9.17, 15) is 18.3 Å². The van der Waals surface area contributed by atoms with Crippen LogP contribution in [0.1, 0.15) is 25.6 Å². The molecule has 1 atom stereocenters. The Morgan fingerprint density at radius 1 is 1.39 bits per heavy atom. The lowest BCUT2D eigenvalue weighted by Crippen LogP contribution is -2.40. The number of β-amino-alcohol motifs (C(OH)–C–C–N with tert-alkyl or cyclic N) is 1. The zero-order chi connectivity index (χ0) is 16.9. The van der Waals surface area contributed by atoms with Crippen molar-refractivity contribution >= 4 is 0 Å². The maximum Gasteiger partial charge on any atom is 0.406 e. The third-order valence-electron chi connectivity index (χ3n) is 4.10. The second kappa shape index (κ2) is 8.12. The molecule has 0 aromatic carbocycles. The summed E-state index contributed by atoms with van der Waals surface area (Å²) in [4.78, 5) is 6.24. The molecule has 1 saturated heterocycles. The Kier molecular flexibility index (Phi) is 6.43. The Morgan fingerprint density at radius 2 is 2.09 bits per heavy atom. The Bertz CT molecular complexity index is 468. The molecule has 0 unspecified atom stereocenters. The average Bonchev–Trinajstić information content (AvgIpc) is 2.85. The minimum Gasteiger partial charge on any atom is -0.392 e. The Morgan fingerprint density at radius 3 is 2.70 bits per heavy atom. The molecule has 5 nitrogen and oxygen atoms in total. The molecule has 1 aliphatic rings. The van der Waals surface area contributed by atoms with E-state index in [1.165, 1.54) is 12.4 Å². The lowest BCUT2D eigenvalue weighted by molar-refractivity contribution is -0.141. The summed E-state index contributed by atoms with van der Waals surface area (Å²) in [6.07, 6.45) is 0.299. The number of aliphatic hydroxyl groups is 1. The van der Waals surface area contributed by atoms with Gasteiger partial charge in [0, 0.05) is 18.9 Å². The topological polar surface area (TPSA) is 53.3 Å². The number of imidazole rings is 1. The molecule has 2 N–H and O–H groups in total. The Hall–Kier alpha value is -1.12. The number of aliphatic hydroxyl groups excluding tert-OH is 1. The Balaban J connectivity index is 1.69. The third-order valence-corrected chi connectivity index (χ3v) is 4.10. The van der Waals surface area contributed by atoms with Crippen molar-refractivity contribution in [1.82, 2.24) is 19.8 Å². The standard InChI is InChI=1S/C15H25F3N4O/c1-12(23)10-21-5-2-13(3-6-21)8-19-9-14-20-4-7-22(14)11-15(16,17)18/h4,7,12-13,19,23H,2-3,5-6,8-11H2,1H3/t12-/m1/s1. The number of piperidine rings is 1. The number of nitrogens with one attached hydrogen (secondary N) is 1. The van der Waals surface area contributed by atoms with Gasteiger partial charge in [0.25, 0.3) is 0 Å². The summed E-state index contributed by atoms with van der Waals surface area (Å²) in [6.45, 7) is 4.53. The minimum absolute atomic E-state index is 0.308. The second-order valence-electron chi connectivity index (χ2n) is 6.31. The van der Waals surface area contributed by atoms with Crippen LogP contribution in [0.2, 0.25) is 0 Å². The molecule has 0 aliphatic carbocycles. The fraction of sp³-hybridized carbons (Fsp3) is 0.800. The van der Waals surface area contributed by atoms with E-state index >= 15 is 0 Å². The molecular weight excluding hydrogens is 309 g/mol. The average molecular weight is 334 g/mol. The van der Waals surface area contributed by atoms with Crippen LogP contribution >= 0.6 is 0 Å². The van der Waals surface area contributed by atoms with Crippen molar-refractivity contribution in [1.29, 1.82) is 0 Å². The molecule has 132 valence electrons. The van der Waals surface area contributed by atoms with E-state index in [0.29, 0.717) is 24.8 Å². The maximum atomic E-state index is 12.4. The van der Waals surface area contributed by atoms with Crippen molar-refractivity contribution in [2.75, 3.05) is 26.2 Å². The summed E-state index contributed by atoms with van der Waals surface area (Å²) in [7, 11) is 0. The highest BCUT2D eigenvalue weighted by Crippen LogP contribution is 2.19. The maximum absolute atomic E-state index is 12.4. The number of aromatic nitrogens is 2. The van der Waals surface area contributed by atoms with Gasteiger partial charge in [-0.25, -0.2) is 4.98 Å². The first-order valence-corrected chi connectivity index (χ1v) is 8.01. The van der Waals surface area contributed by atoms with Gasteiger partial charge in [0.05, 0.1) is 12.6 Å². The largest absolute Gasteiger partial charge is 0.406 e.